The summed E-state index contributed by atoms with van der Waals surface area (Å²) in [6.07, 6.45) is 3.83. The van der Waals surface area contributed by atoms with Crippen LogP contribution in [0.25, 0.3) is 0 Å². The SMILES string of the molecule is COC1CCCCN(CC(=O)NCc2ccnn2C)C1=O. The molecule has 1 fully saturated rings. The van der Waals surface area contributed by atoms with Gasteiger partial charge < -0.3 is 15.0 Å². The van der Waals surface area contributed by atoms with Gasteiger partial charge in [0.1, 0.15) is 6.10 Å². The molecule has 7 nitrogen and oxygen atoms in total. The molecule has 1 atom stereocenters. The largest absolute Gasteiger partial charge is 0.372 e. The average Bonchev–Trinajstić information content (AvgIpc) is 2.80. The van der Waals surface area contributed by atoms with Gasteiger partial charge in [-0.3, -0.25) is 14.3 Å². The number of methoxy groups -OCH3 is 1. The Labute approximate surface area is 124 Å². The Bertz CT molecular complexity index is 500. The van der Waals surface area contributed by atoms with E-state index in [1.807, 2.05) is 13.1 Å². The van der Waals surface area contributed by atoms with Crippen molar-refractivity contribution in [3.8, 4) is 0 Å². The first-order valence-corrected chi connectivity index (χ1v) is 7.17. The molecule has 1 saturated heterocycles. The molecular weight excluding hydrogens is 272 g/mol. The fourth-order valence-electron chi connectivity index (χ4n) is 2.44. The minimum absolute atomic E-state index is 0.0799. The zero-order chi connectivity index (χ0) is 15.2. The lowest BCUT2D eigenvalue weighted by atomic mass is 10.2. The van der Waals surface area contributed by atoms with Crippen molar-refractivity contribution in [3.63, 3.8) is 0 Å². The number of rotatable bonds is 5. The van der Waals surface area contributed by atoms with Gasteiger partial charge in [0.2, 0.25) is 5.91 Å². The van der Waals surface area contributed by atoms with Gasteiger partial charge in [0.15, 0.2) is 0 Å². The number of aromatic nitrogens is 2. The van der Waals surface area contributed by atoms with E-state index in [0.717, 1.165) is 25.0 Å². The van der Waals surface area contributed by atoms with Crippen LogP contribution in [0.4, 0.5) is 0 Å². The predicted octanol–water partition coefficient (Wildman–Crippen LogP) is 0.0638. The molecule has 0 radical (unpaired) electrons. The van der Waals surface area contributed by atoms with Crippen LogP contribution in [0.5, 0.6) is 0 Å². The highest BCUT2D eigenvalue weighted by atomic mass is 16.5. The highest BCUT2D eigenvalue weighted by Crippen LogP contribution is 2.14. The standard InChI is InChI=1S/C14H22N4O3/c1-17-11(6-7-16-17)9-15-13(19)10-18-8-4-3-5-12(21-2)14(18)20/h6-7,12H,3-5,8-10H2,1-2H3,(H,15,19). The Kier molecular flexibility index (Phi) is 5.32. The summed E-state index contributed by atoms with van der Waals surface area (Å²) in [4.78, 5) is 25.8. The van der Waals surface area contributed by atoms with Gasteiger partial charge in [-0.05, 0) is 25.3 Å². The van der Waals surface area contributed by atoms with Crippen LogP contribution in [0.15, 0.2) is 12.3 Å². The lowest BCUT2D eigenvalue weighted by Crippen LogP contribution is -2.44. The normalized spacial score (nSPS) is 19.4. The van der Waals surface area contributed by atoms with Crippen LogP contribution in [0.1, 0.15) is 25.0 Å². The van der Waals surface area contributed by atoms with Crippen LogP contribution in [0, 0.1) is 0 Å². The van der Waals surface area contributed by atoms with Crippen molar-refractivity contribution in [1.82, 2.24) is 20.0 Å². The molecule has 2 rings (SSSR count). The molecule has 1 aliphatic rings. The molecule has 1 aromatic heterocycles. The van der Waals surface area contributed by atoms with Crippen LogP contribution >= 0.6 is 0 Å². The fraction of sp³-hybridized carbons (Fsp3) is 0.643. The van der Waals surface area contributed by atoms with E-state index in [4.69, 9.17) is 4.74 Å². The van der Waals surface area contributed by atoms with Crippen molar-refractivity contribution in [2.24, 2.45) is 7.05 Å². The van der Waals surface area contributed by atoms with Crippen LogP contribution in [0.3, 0.4) is 0 Å². The molecule has 1 aliphatic heterocycles. The summed E-state index contributed by atoms with van der Waals surface area (Å²) >= 11 is 0. The number of likely N-dealkylation sites (tertiary alicyclic amines) is 1. The Morgan fingerprint density at radius 1 is 1.52 bits per heavy atom. The molecule has 0 spiro atoms. The van der Waals surface area contributed by atoms with Gasteiger partial charge in [-0.1, -0.05) is 0 Å². The minimum Gasteiger partial charge on any atom is -0.372 e. The summed E-state index contributed by atoms with van der Waals surface area (Å²) in [5.74, 6) is -0.257. The lowest BCUT2D eigenvalue weighted by Gasteiger charge is -2.23. The Balaban J connectivity index is 1.86. The average molecular weight is 294 g/mol. The van der Waals surface area contributed by atoms with E-state index in [1.165, 1.54) is 7.11 Å². The molecule has 0 aromatic carbocycles. The molecule has 1 aromatic rings. The second-order valence-corrected chi connectivity index (χ2v) is 5.20. The number of carbonyl (C=O) groups is 2. The van der Waals surface area contributed by atoms with E-state index >= 15 is 0 Å². The molecule has 2 heterocycles. The van der Waals surface area contributed by atoms with E-state index in [0.29, 0.717) is 13.1 Å². The van der Waals surface area contributed by atoms with Crippen LogP contribution in [0.2, 0.25) is 0 Å². The second kappa shape index (κ2) is 7.21. The highest BCUT2D eigenvalue weighted by molar-refractivity contribution is 5.87. The first kappa shape index (κ1) is 15.5. The van der Waals surface area contributed by atoms with Crippen LogP contribution in [-0.4, -0.2) is 52.8 Å². The topological polar surface area (TPSA) is 76.5 Å². The third kappa shape index (κ3) is 4.04. The number of amides is 2. The van der Waals surface area contributed by atoms with Gasteiger partial charge in [0.25, 0.3) is 5.91 Å². The van der Waals surface area contributed by atoms with E-state index < -0.39 is 6.10 Å². The van der Waals surface area contributed by atoms with Gasteiger partial charge >= 0.3 is 0 Å². The van der Waals surface area contributed by atoms with Gasteiger partial charge in [0.05, 0.1) is 18.8 Å². The molecule has 1 N–H and O–H groups in total. The molecule has 7 heteroatoms. The highest BCUT2D eigenvalue weighted by Gasteiger charge is 2.27. The zero-order valence-corrected chi connectivity index (χ0v) is 12.5. The summed E-state index contributed by atoms with van der Waals surface area (Å²) < 4.78 is 6.90. The van der Waals surface area contributed by atoms with Gasteiger partial charge in [-0.15, -0.1) is 0 Å². The summed E-state index contributed by atoms with van der Waals surface area (Å²) in [5, 5.41) is 6.85. The monoisotopic (exact) mass is 294 g/mol. The first-order valence-electron chi connectivity index (χ1n) is 7.17. The zero-order valence-electron chi connectivity index (χ0n) is 12.5. The number of ether oxygens (including phenoxy) is 1. The van der Waals surface area contributed by atoms with Crippen molar-refractivity contribution >= 4 is 11.8 Å². The summed E-state index contributed by atoms with van der Waals surface area (Å²) in [5.41, 5.74) is 0.917. The van der Waals surface area contributed by atoms with Crippen LogP contribution in [-0.2, 0) is 27.9 Å². The van der Waals surface area contributed by atoms with E-state index in [1.54, 1.807) is 15.8 Å². The van der Waals surface area contributed by atoms with Gasteiger partial charge in [-0.2, -0.15) is 5.10 Å². The molecule has 0 bridgehead atoms. The molecular formula is C14H22N4O3. The lowest BCUT2D eigenvalue weighted by molar-refractivity contribution is -0.144. The second-order valence-electron chi connectivity index (χ2n) is 5.20. The summed E-state index contributed by atoms with van der Waals surface area (Å²) in [7, 11) is 3.36. The van der Waals surface area contributed by atoms with E-state index in [2.05, 4.69) is 10.4 Å². The smallest absolute Gasteiger partial charge is 0.252 e. The van der Waals surface area contributed by atoms with E-state index in [9.17, 15) is 9.59 Å². The van der Waals surface area contributed by atoms with Crippen molar-refractivity contribution in [1.29, 1.82) is 0 Å². The maximum Gasteiger partial charge on any atom is 0.252 e. The molecule has 1 unspecified atom stereocenters. The Morgan fingerprint density at radius 3 is 3.00 bits per heavy atom. The summed E-state index contributed by atoms with van der Waals surface area (Å²) in [6.45, 7) is 1.10. The van der Waals surface area contributed by atoms with E-state index in [-0.39, 0.29) is 18.4 Å². The number of hydrogen-bond acceptors (Lipinski definition) is 4. The number of nitrogens with one attached hydrogen (secondary N) is 1. The number of hydrogen-bond donors (Lipinski definition) is 1. The minimum atomic E-state index is -0.419. The van der Waals surface area contributed by atoms with Crippen molar-refractivity contribution in [2.75, 3.05) is 20.2 Å². The van der Waals surface area contributed by atoms with Crippen molar-refractivity contribution < 1.29 is 14.3 Å². The molecule has 21 heavy (non-hydrogen) atoms. The van der Waals surface area contributed by atoms with Crippen LogP contribution < -0.4 is 5.32 Å². The van der Waals surface area contributed by atoms with Gasteiger partial charge in [0, 0.05) is 26.9 Å². The maximum atomic E-state index is 12.2. The third-order valence-corrected chi connectivity index (χ3v) is 3.74. The molecule has 2 amide bonds. The Hall–Kier alpha value is -1.89. The van der Waals surface area contributed by atoms with Gasteiger partial charge in [-0.25, -0.2) is 0 Å². The summed E-state index contributed by atoms with van der Waals surface area (Å²) in [6, 6.07) is 1.85. The quantitative estimate of drug-likeness (QED) is 0.833. The Morgan fingerprint density at radius 2 is 2.33 bits per heavy atom. The fourth-order valence-corrected chi connectivity index (χ4v) is 2.44. The predicted molar refractivity (Wildman–Crippen MR) is 76.3 cm³/mol. The van der Waals surface area contributed by atoms with Crippen molar-refractivity contribution in [2.45, 2.75) is 31.9 Å². The number of aryl methyl sites for hydroxylation is 1. The third-order valence-electron chi connectivity index (χ3n) is 3.74. The maximum absolute atomic E-state index is 12.2. The molecule has 0 saturated carbocycles. The molecule has 0 aliphatic carbocycles. The molecule has 116 valence electrons. The number of nitrogens with zero attached hydrogens (tertiary/aromatic N) is 3. The first-order chi connectivity index (χ1) is 10.1. The van der Waals surface area contributed by atoms with Crippen molar-refractivity contribution in [3.05, 3.63) is 18.0 Å². The number of carbonyl (C=O) groups excluding carboxylic acids is 2.